The van der Waals surface area contributed by atoms with E-state index in [2.05, 4.69) is 25.5 Å². The number of hydrogen-bond acceptors (Lipinski definition) is 7. The summed E-state index contributed by atoms with van der Waals surface area (Å²) in [6.45, 7) is 0.0985. The lowest BCUT2D eigenvalue weighted by molar-refractivity contribution is 0.0793. The Morgan fingerprint density at radius 1 is 1.23 bits per heavy atom. The van der Waals surface area contributed by atoms with Gasteiger partial charge < -0.3 is 20.9 Å². The first-order valence-electron chi connectivity index (χ1n) is 8.83. The van der Waals surface area contributed by atoms with Gasteiger partial charge in [-0.3, -0.25) is 5.10 Å². The first-order chi connectivity index (χ1) is 12.7. The number of aromatic amines is 1. The predicted octanol–water partition coefficient (Wildman–Crippen LogP) is 1.55. The van der Waals surface area contributed by atoms with Crippen LogP contribution in [-0.4, -0.2) is 50.1 Å². The summed E-state index contributed by atoms with van der Waals surface area (Å²) in [6, 6.07) is 7.89. The molecule has 0 spiro atoms. The van der Waals surface area contributed by atoms with Crippen molar-refractivity contribution in [1.82, 2.24) is 20.2 Å². The van der Waals surface area contributed by atoms with Gasteiger partial charge in [0.05, 0.1) is 36.1 Å². The number of rotatable bonds is 4. The van der Waals surface area contributed by atoms with Crippen LogP contribution in [0, 0.1) is 5.92 Å². The lowest BCUT2D eigenvalue weighted by Gasteiger charge is -2.28. The van der Waals surface area contributed by atoms with E-state index in [-0.39, 0.29) is 36.7 Å². The molecule has 3 aromatic rings. The third-order valence-electron chi connectivity index (χ3n) is 5.46. The summed E-state index contributed by atoms with van der Waals surface area (Å²) in [5, 5.41) is 21.1. The Morgan fingerprint density at radius 2 is 2.12 bits per heavy atom. The molecular formula is C18H20N6O2. The van der Waals surface area contributed by atoms with Crippen molar-refractivity contribution < 1.29 is 9.84 Å². The SMILES string of the molecule is Nc1nc(N[C@@H]2[C@H](CO)[C@H]3CC[C@@H]2O3)c2ccc(-c3ccn[nH]3)cc2n1. The van der Waals surface area contributed by atoms with Gasteiger partial charge >= 0.3 is 0 Å². The summed E-state index contributed by atoms with van der Waals surface area (Å²) in [5.41, 5.74) is 8.61. The van der Waals surface area contributed by atoms with Gasteiger partial charge in [0.2, 0.25) is 5.95 Å². The van der Waals surface area contributed by atoms with Gasteiger partial charge in [0.15, 0.2) is 0 Å². The van der Waals surface area contributed by atoms with Crippen molar-refractivity contribution in [3.05, 3.63) is 30.5 Å². The standard InChI is InChI=1S/C18H20N6O2/c19-18-21-13-7-9(12-5-6-20-24-12)1-2-10(13)17(23-18)22-16-11(8-25)14-3-4-15(16)26-14/h1-2,5-7,11,14-16,25H,3-4,8H2,(H,20,24)(H3,19,21,22,23)/t11-,14-,15+,16-/m1/s1. The minimum atomic E-state index is 0.0310. The van der Waals surface area contributed by atoms with Crippen LogP contribution in [0.3, 0.4) is 0 Å². The summed E-state index contributed by atoms with van der Waals surface area (Å²) >= 11 is 0. The molecular weight excluding hydrogens is 332 g/mol. The number of benzene rings is 1. The topological polar surface area (TPSA) is 122 Å². The van der Waals surface area contributed by atoms with Crippen LogP contribution in [0.1, 0.15) is 12.8 Å². The Bertz CT molecular complexity index is 944. The molecule has 4 heterocycles. The molecule has 134 valence electrons. The number of anilines is 2. The minimum absolute atomic E-state index is 0.0310. The Kier molecular flexibility index (Phi) is 3.54. The molecule has 2 fully saturated rings. The fourth-order valence-corrected chi connectivity index (χ4v) is 4.21. The van der Waals surface area contributed by atoms with Gasteiger partial charge in [-0.25, -0.2) is 4.98 Å². The van der Waals surface area contributed by atoms with Gasteiger partial charge in [-0.1, -0.05) is 6.07 Å². The van der Waals surface area contributed by atoms with E-state index < -0.39 is 0 Å². The lowest BCUT2D eigenvalue weighted by Crippen LogP contribution is -2.40. The molecule has 0 saturated carbocycles. The molecule has 2 saturated heterocycles. The third-order valence-corrected chi connectivity index (χ3v) is 5.46. The second-order valence-electron chi connectivity index (χ2n) is 6.94. The van der Waals surface area contributed by atoms with E-state index in [9.17, 15) is 5.11 Å². The van der Waals surface area contributed by atoms with E-state index >= 15 is 0 Å². The van der Waals surface area contributed by atoms with E-state index in [0.29, 0.717) is 5.82 Å². The largest absolute Gasteiger partial charge is 0.396 e. The Hall–Kier alpha value is -2.71. The van der Waals surface area contributed by atoms with Gasteiger partial charge in [0, 0.05) is 23.1 Å². The fraction of sp³-hybridized carbons (Fsp3) is 0.389. The molecule has 2 aliphatic rings. The molecule has 0 unspecified atom stereocenters. The maximum atomic E-state index is 9.76. The first kappa shape index (κ1) is 15.5. The molecule has 2 aliphatic heterocycles. The predicted molar refractivity (Wildman–Crippen MR) is 97.4 cm³/mol. The smallest absolute Gasteiger partial charge is 0.222 e. The highest BCUT2D eigenvalue weighted by Gasteiger charge is 2.48. The minimum Gasteiger partial charge on any atom is -0.396 e. The Labute approximate surface area is 149 Å². The average molecular weight is 352 g/mol. The summed E-state index contributed by atoms with van der Waals surface area (Å²) in [7, 11) is 0. The van der Waals surface area contributed by atoms with E-state index in [1.54, 1.807) is 6.20 Å². The highest BCUT2D eigenvalue weighted by Crippen LogP contribution is 2.41. The average Bonchev–Trinajstić information content (AvgIpc) is 3.38. The quantitative estimate of drug-likeness (QED) is 0.562. The number of aliphatic hydroxyl groups is 1. The lowest BCUT2D eigenvalue weighted by atomic mass is 9.85. The monoisotopic (exact) mass is 352 g/mol. The van der Waals surface area contributed by atoms with Crippen LogP contribution in [-0.2, 0) is 4.74 Å². The van der Waals surface area contributed by atoms with Crippen LogP contribution in [0.4, 0.5) is 11.8 Å². The normalized spacial score (nSPS) is 27.3. The van der Waals surface area contributed by atoms with Crippen LogP contribution in [0.5, 0.6) is 0 Å². The summed E-state index contributed by atoms with van der Waals surface area (Å²) < 4.78 is 5.96. The second kappa shape index (κ2) is 5.93. The first-order valence-corrected chi connectivity index (χ1v) is 8.83. The number of nitrogens with zero attached hydrogens (tertiary/aromatic N) is 3. The van der Waals surface area contributed by atoms with Crippen molar-refractivity contribution in [2.45, 2.75) is 31.1 Å². The van der Waals surface area contributed by atoms with Gasteiger partial charge in [0.25, 0.3) is 0 Å². The summed E-state index contributed by atoms with van der Waals surface area (Å²) in [6.07, 6.45) is 3.95. The van der Waals surface area contributed by atoms with Crippen LogP contribution in [0.2, 0.25) is 0 Å². The van der Waals surface area contributed by atoms with Gasteiger partial charge in [-0.2, -0.15) is 10.1 Å². The molecule has 8 heteroatoms. The van der Waals surface area contributed by atoms with Crippen molar-refractivity contribution in [1.29, 1.82) is 0 Å². The number of nitrogens with one attached hydrogen (secondary N) is 2. The highest BCUT2D eigenvalue weighted by molar-refractivity contribution is 5.92. The van der Waals surface area contributed by atoms with Crippen molar-refractivity contribution in [2.75, 3.05) is 17.7 Å². The molecule has 0 radical (unpaired) electrons. The molecule has 1 aromatic carbocycles. The van der Waals surface area contributed by atoms with Gasteiger partial charge in [-0.05, 0) is 31.0 Å². The third kappa shape index (κ3) is 2.41. The number of hydrogen-bond donors (Lipinski definition) is 4. The Morgan fingerprint density at radius 3 is 2.92 bits per heavy atom. The van der Waals surface area contributed by atoms with E-state index in [4.69, 9.17) is 10.5 Å². The van der Waals surface area contributed by atoms with Crippen molar-refractivity contribution >= 4 is 22.7 Å². The molecule has 2 aromatic heterocycles. The van der Waals surface area contributed by atoms with E-state index in [1.165, 1.54) is 0 Å². The number of aliphatic hydroxyl groups excluding tert-OH is 1. The molecule has 26 heavy (non-hydrogen) atoms. The Balaban J connectivity index is 1.53. The molecule has 0 aliphatic carbocycles. The molecule has 2 bridgehead atoms. The number of nitrogen functional groups attached to an aromatic ring is 1. The van der Waals surface area contributed by atoms with E-state index in [0.717, 1.165) is 35.0 Å². The van der Waals surface area contributed by atoms with Crippen molar-refractivity contribution in [3.8, 4) is 11.3 Å². The zero-order valence-corrected chi connectivity index (χ0v) is 14.1. The highest BCUT2D eigenvalue weighted by atomic mass is 16.5. The van der Waals surface area contributed by atoms with Gasteiger partial charge in [0.1, 0.15) is 5.82 Å². The fourth-order valence-electron chi connectivity index (χ4n) is 4.21. The van der Waals surface area contributed by atoms with Crippen molar-refractivity contribution in [2.24, 2.45) is 5.92 Å². The molecule has 8 nitrogen and oxygen atoms in total. The molecule has 5 N–H and O–H groups in total. The van der Waals surface area contributed by atoms with E-state index in [1.807, 2.05) is 24.3 Å². The number of fused-ring (bicyclic) bond motifs is 3. The molecule has 5 rings (SSSR count). The zero-order chi connectivity index (χ0) is 17.7. The summed E-state index contributed by atoms with van der Waals surface area (Å²) in [5.74, 6) is 0.971. The van der Waals surface area contributed by atoms with Crippen LogP contribution in [0.15, 0.2) is 30.5 Å². The van der Waals surface area contributed by atoms with Crippen LogP contribution >= 0.6 is 0 Å². The maximum Gasteiger partial charge on any atom is 0.222 e. The van der Waals surface area contributed by atoms with Crippen LogP contribution in [0.25, 0.3) is 22.2 Å². The zero-order valence-electron chi connectivity index (χ0n) is 14.1. The van der Waals surface area contributed by atoms with Crippen molar-refractivity contribution in [3.63, 3.8) is 0 Å². The maximum absolute atomic E-state index is 9.76. The number of H-pyrrole nitrogens is 1. The molecule has 0 amide bonds. The number of ether oxygens (including phenoxy) is 1. The second-order valence-corrected chi connectivity index (χ2v) is 6.94. The summed E-state index contributed by atoms with van der Waals surface area (Å²) in [4.78, 5) is 8.79. The van der Waals surface area contributed by atoms with Crippen LogP contribution < -0.4 is 11.1 Å². The van der Waals surface area contributed by atoms with Gasteiger partial charge in [-0.15, -0.1) is 0 Å². The number of aromatic nitrogens is 4. The molecule has 4 atom stereocenters. The number of nitrogens with two attached hydrogens (primary N) is 1.